The predicted molar refractivity (Wildman–Crippen MR) is 244 cm³/mol. The number of fused-ring (bicyclic) bond motifs is 20. The lowest BCUT2D eigenvalue weighted by atomic mass is 9.97. The minimum absolute atomic E-state index is 1.17. The lowest BCUT2D eigenvalue weighted by Crippen LogP contribution is -1.94. The van der Waals surface area contributed by atoms with Crippen molar-refractivity contribution in [2.45, 2.75) is 0 Å². The molecule has 15 aromatic rings. The van der Waals surface area contributed by atoms with E-state index >= 15 is 0 Å². The van der Waals surface area contributed by atoms with E-state index in [0.717, 1.165) is 0 Å². The van der Waals surface area contributed by atoms with Crippen molar-refractivity contribution in [2.75, 3.05) is 0 Å². The fourth-order valence-electron chi connectivity index (χ4n) is 11.2. The molecule has 6 aromatic heterocycles. The summed E-state index contributed by atoms with van der Waals surface area (Å²) in [4.78, 5) is 0. The molecule has 0 radical (unpaired) electrons. The van der Waals surface area contributed by atoms with Gasteiger partial charge in [-0.3, -0.25) is 0 Å². The highest BCUT2D eigenvalue weighted by atomic mass is 15.0. The molecule has 4 nitrogen and oxygen atoms in total. The highest BCUT2D eigenvalue weighted by molar-refractivity contribution is 6.45. The summed E-state index contributed by atoms with van der Waals surface area (Å²) in [6.45, 7) is 0. The Bertz CT molecular complexity index is 3880. The van der Waals surface area contributed by atoms with Gasteiger partial charge in [-0.15, -0.1) is 0 Å². The number of nitrogens with zero attached hydrogens (tertiary/aromatic N) is 4. The molecule has 15 rings (SSSR count). The number of aromatic nitrogens is 4. The van der Waals surface area contributed by atoms with Crippen molar-refractivity contribution >= 4 is 120 Å². The number of benzene rings is 9. The van der Waals surface area contributed by atoms with Gasteiger partial charge in [-0.25, -0.2) is 0 Å². The summed E-state index contributed by atoms with van der Waals surface area (Å²) >= 11 is 0. The van der Waals surface area contributed by atoms with E-state index in [1.807, 2.05) is 0 Å². The van der Waals surface area contributed by atoms with E-state index < -0.39 is 0 Å². The fraction of sp³-hybridized carbons (Fsp3) is 0. The maximum atomic E-state index is 2.57. The quantitative estimate of drug-likeness (QED) is 0.168. The van der Waals surface area contributed by atoms with Crippen LogP contribution in [0.1, 0.15) is 0 Å². The summed E-state index contributed by atoms with van der Waals surface area (Å²) in [5.41, 5.74) is 14.8. The first-order valence-electron chi connectivity index (χ1n) is 20.1. The molecule has 266 valence electrons. The average Bonchev–Trinajstić information content (AvgIpc) is 4.11. The summed E-state index contributed by atoms with van der Waals surface area (Å²) in [6, 6.07) is 67.6. The Morgan fingerprint density at radius 2 is 0.500 bits per heavy atom. The summed E-state index contributed by atoms with van der Waals surface area (Å²) in [7, 11) is 0. The molecule has 9 aromatic carbocycles. The van der Waals surface area contributed by atoms with Crippen LogP contribution in [-0.4, -0.2) is 17.9 Å². The molecule has 0 amide bonds. The van der Waals surface area contributed by atoms with Crippen molar-refractivity contribution in [1.29, 1.82) is 0 Å². The summed E-state index contributed by atoms with van der Waals surface area (Å²) < 4.78 is 10.0. The van der Waals surface area contributed by atoms with E-state index in [2.05, 4.69) is 200 Å². The number of hydrogen-bond donors (Lipinski definition) is 0. The monoisotopic (exact) mass is 734 g/mol. The molecule has 0 saturated carbocycles. The van der Waals surface area contributed by atoms with Crippen LogP contribution in [0.2, 0.25) is 0 Å². The van der Waals surface area contributed by atoms with Gasteiger partial charge in [0.1, 0.15) is 0 Å². The molecule has 0 aliphatic rings. The summed E-state index contributed by atoms with van der Waals surface area (Å²) in [5, 5.41) is 15.6. The van der Waals surface area contributed by atoms with Gasteiger partial charge in [-0.05, 0) is 60.7 Å². The molecule has 0 aliphatic heterocycles. The van der Waals surface area contributed by atoms with Gasteiger partial charge in [-0.1, -0.05) is 121 Å². The Hall–Kier alpha value is -7.82. The van der Waals surface area contributed by atoms with Crippen molar-refractivity contribution in [3.05, 3.63) is 182 Å². The van der Waals surface area contributed by atoms with Gasteiger partial charge in [-0.2, -0.15) is 0 Å². The van der Waals surface area contributed by atoms with E-state index in [1.165, 1.54) is 131 Å². The molecular formula is C54H30N4. The largest absolute Gasteiger partial charge is 0.309 e. The molecule has 0 bridgehead atoms. The fourth-order valence-corrected chi connectivity index (χ4v) is 11.2. The lowest BCUT2D eigenvalue weighted by molar-refractivity contribution is 1.18. The van der Waals surface area contributed by atoms with E-state index in [0.29, 0.717) is 0 Å². The second-order valence-corrected chi connectivity index (χ2v) is 16.0. The maximum absolute atomic E-state index is 2.57. The molecule has 0 spiro atoms. The topological polar surface area (TPSA) is 18.7 Å². The predicted octanol–water partition coefficient (Wildman–Crippen LogP) is 14.2. The van der Waals surface area contributed by atoms with Crippen LogP contribution < -0.4 is 0 Å². The summed E-state index contributed by atoms with van der Waals surface area (Å²) in [5.74, 6) is 0. The van der Waals surface area contributed by atoms with Crippen LogP contribution in [0, 0.1) is 0 Å². The molecular weight excluding hydrogens is 705 g/mol. The molecule has 58 heavy (non-hydrogen) atoms. The molecule has 0 aliphatic carbocycles. The Balaban J connectivity index is 1.13. The molecule has 4 heteroatoms. The van der Waals surface area contributed by atoms with E-state index in [9.17, 15) is 0 Å². The van der Waals surface area contributed by atoms with E-state index in [1.54, 1.807) is 0 Å². The second kappa shape index (κ2) is 10.1. The van der Waals surface area contributed by atoms with Gasteiger partial charge in [0.05, 0.1) is 55.2 Å². The highest BCUT2D eigenvalue weighted by Crippen LogP contribution is 2.52. The Morgan fingerprint density at radius 3 is 0.845 bits per heavy atom. The van der Waals surface area contributed by atoms with Gasteiger partial charge in [0.15, 0.2) is 0 Å². The third-order valence-corrected chi connectivity index (χ3v) is 13.4. The minimum Gasteiger partial charge on any atom is -0.309 e. The third kappa shape index (κ3) is 3.30. The number of para-hydroxylation sites is 6. The van der Waals surface area contributed by atoms with Crippen LogP contribution in [0.4, 0.5) is 0 Å². The molecule has 0 saturated heterocycles. The first-order valence-corrected chi connectivity index (χ1v) is 20.1. The molecule has 0 atom stereocenters. The first-order chi connectivity index (χ1) is 28.8. The van der Waals surface area contributed by atoms with E-state index in [4.69, 9.17) is 0 Å². The zero-order valence-corrected chi connectivity index (χ0v) is 31.1. The first kappa shape index (κ1) is 29.5. The van der Waals surface area contributed by atoms with Crippen molar-refractivity contribution in [2.24, 2.45) is 0 Å². The Kier molecular flexibility index (Phi) is 5.14. The van der Waals surface area contributed by atoms with Gasteiger partial charge >= 0.3 is 0 Å². The van der Waals surface area contributed by atoms with Crippen LogP contribution in [-0.2, 0) is 0 Å². The smallest absolute Gasteiger partial charge is 0.0634 e. The normalized spacial score (nSPS) is 12.8. The zero-order chi connectivity index (χ0) is 37.4. The Morgan fingerprint density at radius 1 is 0.224 bits per heavy atom. The molecule has 6 heterocycles. The van der Waals surface area contributed by atoms with Gasteiger partial charge in [0, 0.05) is 76.0 Å². The standard InChI is InChI=1S/C54H30N4/c1-7-19-41-33(13-1)34-14-2-8-20-42(34)55(41)31-25-27-39-47(29-31)57-45-23-11-5-17-37(45)50-52-40-28-26-32(56-43-21-9-3-15-35(43)36-16-4-10-22-44(36)56)30-48(40)58-46-24-12-6-18-38(46)49(54(52)58)51(39)53(50)57/h1-30H. The second-order valence-electron chi connectivity index (χ2n) is 16.0. The van der Waals surface area contributed by atoms with Crippen molar-refractivity contribution in [3.63, 3.8) is 0 Å². The van der Waals surface area contributed by atoms with Crippen LogP contribution in [0.15, 0.2) is 182 Å². The van der Waals surface area contributed by atoms with Crippen molar-refractivity contribution in [1.82, 2.24) is 17.9 Å². The lowest BCUT2D eigenvalue weighted by Gasteiger charge is -2.09. The van der Waals surface area contributed by atoms with Crippen molar-refractivity contribution in [3.8, 4) is 11.4 Å². The highest BCUT2D eigenvalue weighted by Gasteiger charge is 2.29. The van der Waals surface area contributed by atoms with Gasteiger partial charge in [0.25, 0.3) is 0 Å². The van der Waals surface area contributed by atoms with E-state index in [-0.39, 0.29) is 0 Å². The van der Waals surface area contributed by atoms with Crippen LogP contribution in [0.3, 0.4) is 0 Å². The zero-order valence-electron chi connectivity index (χ0n) is 31.1. The summed E-state index contributed by atoms with van der Waals surface area (Å²) in [6.07, 6.45) is 0. The van der Waals surface area contributed by atoms with Crippen molar-refractivity contribution < 1.29 is 0 Å². The maximum Gasteiger partial charge on any atom is 0.0634 e. The average molecular weight is 735 g/mol. The van der Waals surface area contributed by atoms with Crippen LogP contribution >= 0.6 is 0 Å². The third-order valence-electron chi connectivity index (χ3n) is 13.4. The molecule has 0 unspecified atom stereocenters. The van der Waals surface area contributed by atoms with Crippen LogP contribution in [0.25, 0.3) is 131 Å². The van der Waals surface area contributed by atoms with Gasteiger partial charge in [0.2, 0.25) is 0 Å². The number of hydrogen-bond acceptors (Lipinski definition) is 0. The minimum atomic E-state index is 1.17. The Labute approximate surface area is 329 Å². The van der Waals surface area contributed by atoms with Crippen LogP contribution in [0.5, 0.6) is 0 Å². The molecule has 0 N–H and O–H groups in total. The molecule has 0 fully saturated rings. The van der Waals surface area contributed by atoms with Gasteiger partial charge < -0.3 is 17.9 Å². The SMILES string of the molecule is c1ccc2c(c1)c1ccccc1n2-c1ccc2c3c4c5ccccc5n5c6cc(-n7c8ccccc8c8ccccc87)ccc6c(c6c7ccccc7n(c2c1)c63)c45. The number of rotatable bonds is 2.